The topological polar surface area (TPSA) is 71.7 Å². The van der Waals surface area contributed by atoms with Gasteiger partial charge in [-0.25, -0.2) is 9.69 Å². The Balaban J connectivity index is 0.00000208. The van der Waals surface area contributed by atoms with Crippen LogP contribution in [0.3, 0.4) is 0 Å². The number of unbranched alkanes of at least 4 members (excludes halogenated alkanes) is 2. The fraction of sp³-hybridized carbons (Fsp3) is 0.812. The van der Waals surface area contributed by atoms with Gasteiger partial charge in [-0.15, -0.1) is 12.4 Å². The van der Waals surface area contributed by atoms with E-state index in [1.54, 1.807) is 7.05 Å². The third-order valence-corrected chi connectivity index (χ3v) is 4.95. The lowest BCUT2D eigenvalue weighted by Crippen LogP contribution is -2.46. The molecule has 4 heterocycles. The van der Waals surface area contributed by atoms with E-state index >= 15 is 0 Å². The number of halogens is 1. The van der Waals surface area contributed by atoms with Crippen LogP contribution in [0.2, 0.25) is 0 Å². The quantitative estimate of drug-likeness (QED) is 0.728. The van der Waals surface area contributed by atoms with Gasteiger partial charge in [0.15, 0.2) is 0 Å². The highest BCUT2D eigenvalue weighted by Crippen LogP contribution is 2.38. The standard InChI is InChI=1S/C16H26N4O3.ClH/c1-3-4-5-10-22-16(21)19(2)15-17-14(23-18-15)13-11-20-8-6-12(13)7-9-20;/h12-13H,3-11H2,1-2H3;1H. The van der Waals surface area contributed by atoms with E-state index in [2.05, 4.69) is 22.0 Å². The highest BCUT2D eigenvalue weighted by Gasteiger charge is 2.38. The maximum absolute atomic E-state index is 12.0. The van der Waals surface area contributed by atoms with Gasteiger partial charge in [-0.3, -0.25) is 0 Å². The summed E-state index contributed by atoms with van der Waals surface area (Å²) in [6, 6.07) is 0. The highest BCUT2D eigenvalue weighted by molar-refractivity contribution is 5.85. The summed E-state index contributed by atoms with van der Waals surface area (Å²) in [4.78, 5) is 20.2. The molecule has 8 heteroatoms. The second kappa shape index (κ2) is 8.67. The molecular weight excluding hydrogens is 332 g/mol. The number of nitrogens with zero attached hydrogens (tertiary/aromatic N) is 4. The smallest absolute Gasteiger partial charge is 0.416 e. The van der Waals surface area contributed by atoms with Gasteiger partial charge in [0, 0.05) is 13.6 Å². The Morgan fingerprint density at radius 2 is 2.12 bits per heavy atom. The Morgan fingerprint density at radius 1 is 1.38 bits per heavy atom. The number of fused-ring (bicyclic) bond motifs is 3. The van der Waals surface area contributed by atoms with E-state index in [0.717, 1.165) is 25.8 Å². The first kappa shape index (κ1) is 19.0. The summed E-state index contributed by atoms with van der Waals surface area (Å²) in [5, 5.41) is 3.96. The molecule has 0 aromatic carbocycles. The molecule has 1 amide bonds. The van der Waals surface area contributed by atoms with Crippen LogP contribution in [0.15, 0.2) is 4.52 Å². The van der Waals surface area contributed by atoms with Crippen LogP contribution in [0.5, 0.6) is 0 Å². The van der Waals surface area contributed by atoms with Crippen molar-refractivity contribution < 1.29 is 14.1 Å². The molecule has 1 unspecified atom stereocenters. The Kier molecular flexibility index (Phi) is 6.86. The second-order valence-electron chi connectivity index (χ2n) is 6.56. The molecule has 3 aliphatic rings. The lowest BCUT2D eigenvalue weighted by Gasteiger charge is -2.43. The Morgan fingerprint density at radius 3 is 2.75 bits per heavy atom. The summed E-state index contributed by atoms with van der Waals surface area (Å²) in [6.45, 7) is 5.88. The number of hydrogen-bond acceptors (Lipinski definition) is 6. The number of amides is 1. The van der Waals surface area contributed by atoms with Crippen molar-refractivity contribution in [2.75, 3.05) is 38.2 Å². The molecule has 3 saturated heterocycles. The first-order valence-corrected chi connectivity index (χ1v) is 8.65. The molecule has 3 aliphatic heterocycles. The minimum atomic E-state index is -0.428. The molecule has 1 atom stereocenters. The summed E-state index contributed by atoms with van der Waals surface area (Å²) >= 11 is 0. The molecule has 0 saturated carbocycles. The third-order valence-electron chi connectivity index (χ3n) is 4.95. The van der Waals surface area contributed by atoms with E-state index in [1.807, 2.05) is 0 Å². The average Bonchev–Trinajstić information content (AvgIpc) is 3.09. The number of carbonyl (C=O) groups excluding carboxylic acids is 1. The van der Waals surface area contributed by atoms with Crippen molar-refractivity contribution in [3.8, 4) is 0 Å². The summed E-state index contributed by atoms with van der Waals surface area (Å²) in [5.74, 6) is 1.87. The molecule has 3 fully saturated rings. The fourth-order valence-corrected chi connectivity index (χ4v) is 3.45. The molecule has 24 heavy (non-hydrogen) atoms. The van der Waals surface area contributed by atoms with Gasteiger partial charge in [-0.05, 0) is 43.4 Å². The van der Waals surface area contributed by atoms with Gasteiger partial charge in [0.2, 0.25) is 5.89 Å². The van der Waals surface area contributed by atoms with Gasteiger partial charge in [-0.2, -0.15) is 4.98 Å². The molecule has 136 valence electrons. The van der Waals surface area contributed by atoms with Crippen LogP contribution in [-0.2, 0) is 4.74 Å². The van der Waals surface area contributed by atoms with Crippen molar-refractivity contribution >= 4 is 24.4 Å². The predicted molar refractivity (Wildman–Crippen MR) is 92.7 cm³/mol. The molecule has 7 nitrogen and oxygen atoms in total. The number of anilines is 1. The summed E-state index contributed by atoms with van der Waals surface area (Å²) in [6.07, 6.45) is 4.99. The molecule has 4 rings (SSSR count). The number of hydrogen-bond donors (Lipinski definition) is 0. The largest absolute Gasteiger partial charge is 0.449 e. The molecule has 0 aliphatic carbocycles. The Labute approximate surface area is 149 Å². The first-order chi connectivity index (χ1) is 11.2. The minimum absolute atomic E-state index is 0. The molecule has 0 N–H and O–H groups in total. The maximum atomic E-state index is 12.0. The Hall–Kier alpha value is -1.34. The van der Waals surface area contributed by atoms with Crippen LogP contribution in [0.25, 0.3) is 0 Å². The number of aromatic nitrogens is 2. The molecule has 1 aromatic rings. The van der Waals surface area contributed by atoms with E-state index in [9.17, 15) is 4.79 Å². The number of rotatable bonds is 6. The van der Waals surface area contributed by atoms with E-state index < -0.39 is 6.09 Å². The zero-order valence-corrected chi connectivity index (χ0v) is 15.3. The van der Waals surface area contributed by atoms with Crippen LogP contribution < -0.4 is 4.90 Å². The van der Waals surface area contributed by atoms with Crippen molar-refractivity contribution in [3.05, 3.63) is 5.89 Å². The van der Waals surface area contributed by atoms with Crippen molar-refractivity contribution in [1.82, 2.24) is 15.0 Å². The second-order valence-corrected chi connectivity index (χ2v) is 6.56. The van der Waals surface area contributed by atoms with Crippen molar-refractivity contribution in [2.45, 2.75) is 44.9 Å². The van der Waals surface area contributed by atoms with Gasteiger partial charge in [-0.1, -0.05) is 19.8 Å². The zero-order valence-electron chi connectivity index (χ0n) is 14.4. The minimum Gasteiger partial charge on any atom is -0.449 e. The SMILES string of the molecule is CCCCCOC(=O)N(C)c1noc(C2CN3CCC2CC3)n1.Cl. The summed E-state index contributed by atoms with van der Waals surface area (Å²) in [7, 11) is 1.62. The third kappa shape index (κ3) is 4.19. The lowest BCUT2D eigenvalue weighted by atomic mass is 9.79. The monoisotopic (exact) mass is 358 g/mol. The van der Waals surface area contributed by atoms with Crippen LogP contribution in [0.1, 0.15) is 50.8 Å². The van der Waals surface area contributed by atoms with Gasteiger partial charge in [0.1, 0.15) is 0 Å². The van der Waals surface area contributed by atoms with Crippen LogP contribution >= 0.6 is 12.4 Å². The summed E-state index contributed by atoms with van der Waals surface area (Å²) < 4.78 is 10.7. The Bertz CT molecular complexity index is 531. The molecular formula is C16H27ClN4O3. The van der Waals surface area contributed by atoms with Gasteiger partial charge in [0.25, 0.3) is 5.95 Å². The zero-order chi connectivity index (χ0) is 16.2. The number of carbonyl (C=O) groups is 1. The van der Waals surface area contributed by atoms with Crippen LogP contribution in [0, 0.1) is 5.92 Å². The predicted octanol–water partition coefficient (Wildman–Crippen LogP) is 3.06. The average molecular weight is 359 g/mol. The van der Waals surface area contributed by atoms with Crippen molar-refractivity contribution in [3.63, 3.8) is 0 Å². The van der Waals surface area contributed by atoms with E-state index in [-0.39, 0.29) is 18.4 Å². The number of piperidine rings is 3. The van der Waals surface area contributed by atoms with E-state index in [4.69, 9.17) is 9.26 Å². The summed E-state index contributed by atoms with van der Waals surface area (Å²) in [5.41, 5.74) is 0. The number of ether oxygens (including phenoxy) is 1. The van der Waals surface area contributed by atoms with Crippen molar-refractivity contribution in [2.24, 2.45) is 5.92 Å². The molecule has 0 spiro atoms. The van der Waals surface area contributed by atoms with E-state index in [1.165, 1.54) is 30.8 Å². The lowest BCUT2D eigenvalue weighted by molar-refractivity contribution is 0.0727. The fourth-order valence-electron chi connectivity index (χ4n) is 3.45. The van der Waals surface area contributed by atoms with Crippen LogP contribution in [-0.4, -0.2) is 54.4 Å². The highest BCUT2D eigenvalue weighted by atomic mass is 35.5. The molecule has 0 radical (unpaired) electrons. The molecule has 1 aromatic heterocycles. The maximum Gasteiger partial charge on any atom is 0.416 e. The normalized spacial score (nSPS) is 25.2. The van der Waals surface area contributed by atoms with Gasteiger partial charge >= 0.3 is 6.09 Å². The van der Waals surface area contributed by atoms with E-state index in [0.29, 0.717) is 24.3 Å². The van der Waals surface area contributed by atoms with Crippen molar-refractivity contribution in [1.29, 1.82) is 0 Å². The molecule has 2 bridgehead atoms. The van der Waals surface area contributed by atoms with Gasteiger partial charge in [0.05, 0.1) is 12.5 Å². The first-order valence-electron chi connectivity index (χ1n) is 8.65. The van der Waals surface area contributed by atoms with Gasteiger partial charge < -0.3 is 14.2 Å². The van der Waals surface area contributed by atoms with Crippen LogP contribution in [0.4, 0.5) is 10.7 Å².